The molecule has 2 heterocycles. The maximum atomic E-state index is 6.09. The Balaban J connectivity index is 1.62. The molecule has 0 aliphatic carbocycles. The SMILES string of the molecule is CCNC(=NCCc1ccc2c(c1)CCO2)N(C)Cc1cc(Cl)cn1C. The van der Waals surface area contributed by atoms with Gasteiger partial charge in [0.05, 0.1) is 18.2 Å². The highest BCUT2D eigenvalue weighted by Gasteiger charge is 2.12. The quantitative estimate of drug-likeness (QED) is 0.623. The van der Waals surface area contributed by atoms with Gasteiger partial charge < -0.3 is 19.5 Å². The van der Waals surface area contributed by atoms with Crippen molar-refractivity contribution in [2.24, 2.45) is 12.0 Å². The lowest BCUT2D eigenvalue weighted by Crippen LogP contribution is -2.39. The second-order valence-electron chi connectivity index (χ2n) is 6.64. The second kappa shape index (κ2) is 8.49. The summed E-state index contributed by atoms with van der Waals surface area (Å²) in [4.78, 5) is 6.92. The number of aliphatic imine (C=N–C) groups is 1. The lowest BCUT2D eigenvalue weighted by molar-refractivity contribution is 0.357. The van der Waals surface area contributed by atoms with Gasteiger partial charge in [0.1, 0.15) is 5.75 Å². The molecule has 0 saturated carbocycles. The molecule has 5 nitrogen and oxygen atoms in total. The molecule has 26 heavy (non-hydrogen) atoms. The average molecular weight is 375 g/mol. The van der Waals surface area contributed by atoms with Gasteiger partial charge in [0, 0.05) is 45.5 Å². The zero-order valence-corrected chi connectivity index (χ0v) is 16.5. The van der Waals surface area contributed by atoms with Crippen LogP contribution in [0.5, 0.6) is 5.75 Å². The van der Waals surface area contributed by atoms with E-state index in [1.165, 1.54) is 11.1 Å². The first kappa shape index (κ1) is 18.6. The average Bonchev–Trinajstić information content (AvgIpc) is 3.19. The van der Waals surface area contributed by atoms with Crippen LogP contribution >= 0.6 is 11.6 Å². The van der Waals surface area contributed by atoms with Crippen LogP contribution in [0.2, 0.25) is 5.02 Å². The molecule has 0 unspecified atom stereocenters. The van der Waals surface area contributed by atoms with Crippen molar-refractivity contribution in [2.45, 2.75) is 26.3 Å². The van der Waals surface area contributed by atoms with Crippen LogP contribution in [0.3, 0.4) is 0 Å². The minimum atomic E-state index is 0.750. The fraction of sp³-hybridized carbons (Fsp3) is 0.450. The lowest BCUT2D eigenvalue weighted by Gasteiger charge is -2.22. The van der Waals surface area contributed by atoms with E-state index in [9.17, 15) is 0 Å². The maximum Gasteiger partial charge on any atom is 0.194 e. The molecule has 0 saturated heterocycles. The number of hydrogen-bond donors (Lipinski definition) is 1. The number of aromatic nitrogens is 1. The maximum absolute atomic E-state index is 6.09. The van der Waals surface area contributed by atoms with Crippen LogP contribution in [0.1, 0.15) is 23.7 Å². The first-order chi connectivity index (χ1) is 12.6. The Labute approximate surface area is 160 Å². The predicted octanol–water partition coefficient (Wildman–Crippen LogP) is 3.25. The van der Waals surface area contributed by atoms with Gasteiger partial charge in [0.15, 0.2) is 5.96 Å². The number of guanidine groups is 1. The Morgan fingerprint density at radius 3 is 2.96 bits per heavy atom. The standard InChI is InChI=1S/C20H27ClN4O/c1-4-22-20(25(3)14-18-12-17(21)13-24(18)2)23-9-7-15-5-6-19-16(11-15)8-10-26-19/h5-6,11-13H,4,7-10,14H2,1-3H3,(H,22,23). The number of halogens is 1. The Morgan fingerprint density at radius 2 is 2.23 bits per heavy atom. The largest absolute Gasteiger partial charge is 0.493 e. The van der Waals surface area contributed by atoms with Crippen LogP contribution in [0, 0.1) is 0 Å². The zero-order valence-electron chi connectivity index (χ0n) is 15.8. The summed E-state index contributed by atoms with van der Waals surface area (Å²) in [6.45, 7) is 5.23. The molecule has 0 bridgehead atoms. The van der Waals surface area contributed by atoms with E-state index < -0.39 is 0 Å². The smallest absolute Gasteiger partial charge is 0.194 e. The van der Waals surface area contributed by atoms with Gasteiger partial charge in [-0.1, -0.05) is 23.7 Å². The summed E-state index contributed by atoms with van der Waals surface area (Å²) >= 11 is 6.09. The van der Waals surface area contributed by atoms with Gasteiger partial charge in [-0.15, -0.1) is 0 Å². The normalized spacial score (nSPS) is 13.5. The van der Waals surface area contributed by atoms with Gasteiger partial charge in [-0.3, -0.25) is 4.99 Å². The molecule has 0 fully saturated rings. The Hall–Kier alpha value is -2.14. The summed E-state index contributed by atoms with van der Waals surface area (Å²) in [5.74, 6) is 1.95. The monoisotopic (exact) mass is 374 g/mol. The summed E-state index contributed by atoms with van der Waals surface area (Å²) in [6, 6.07) is 8.47. The molecule has 0 spiro atoms. The molecule has 1 aromatic carbocycles. The van der Waals surface area contributed by atoms with E-state index in [2.05, 4.69) is 47.0 Å². The summed E-state index contributed by atoms with van der Waals surface area (Å²) in [5, 5.41) is 4.13. The third kappa shape index (κ3) is 4.52. The van der Waals surface area contributed by atoms with E-state index in [1.807, 2.05) is 19.3 Å². The van der Waals surface area contributed by atoms with Crippen molar-refractivity contribution in [2.75, 3.05) is 26.7 Å². The number of nitrogens with one attached hydrogen (secondary N) is 1. The van der Waals surface area contributed by atoms with E-state index in [1.54, 1.807) is 0 Å². The van der Waals surface area contributed by atoms with Gasteiger partial charge in [0.25, 0.3) is 0 Å². The molecule has 1 aliphatic heterocycles. The van der Waals surface area contributed by atoms with Crippen molar-refractivity contribution in [3.8, 4) is 5.75 Å². The number of benzene rings is 1. The van der Waals surface area contributed by atoms with Crippen LogP contribution < -0.4 is 10.1 Å². The molecule has 140 valence electrons. The molecule has 0 atom stereocenters. The molecule has 0 radical (unpaired) electrons. The van der Waals surface area contributed by atoms with Gasteiger partial charge >= 0.3 is 0 Å². The van der Waals surface area contributed by atoms with E-state index in [0.717, 1.165) is 61.5 Å². The fourth-order valence-electron chi connectivity index (χ4n) is 3.20. The molecular weight excluding hydrogens is 348 g/mol. The minimum absolute atomic E-state index is 0.750. The summed E-state index contributed by atoms with van der Waals surface area (Å²) in [7, 11) is 4.06. The van der Waals surface area contributed by atoms with E-state index in [4.69, 9.17) is 21.3 Å². The minimum Gasteiger partial charge on any atom is -0.493 e. The number of ether oxygens (including phenoxy) is 1. The van der Waals surface area contributed by atoms with Gasteiger partial charge in [0.2, 0.25) is 0 Å². The number of rotatable bonds is 6. The third-order valence-corrected chi connectivity index (χ3v) is 4.79. The number of fused-ring (bicyclic) bond motifs is 1. The van der Waals surface area contributed by atoms with Crippen LogP contribution in [0.4, 0.5) is 0 Å². The van der Waals surface area contributed by atoms with Gasteiger partial charge in [-0.05, 0) is 36.6 Å². The Bertz CT molecular complexity index is 784. The van der Waals surface area contributed by atoms with Gasteiger partial charge in [-0.2, -0.15) is 0 Å². The van der Waals surface area contributed by atoms with Crippen molar-refractivity contribution < 1.29 is 4.74 Å². The summed E-state index contributed by atoms with van der Waals surface area (Å²) < 4.78 is 7.62. The molecule has 1 N–H and O–H groups in total. The van der Waals surface area contributed by atoms with Crippen LogP contribution in [0.25, 0.3) is 0 Å². The fourth-order valence-corrected chi connectivity index (χ4v) is 3.47. The van der Waals surface area contributed by atoms with Crippen molar-refractivity contribution >= 4 is 17.6 Å². The van der Waals surface area contributed by atoms with Gasteiger partial charge in [-0.25, -0.2) is 0 Å². The molecule has 3 rings (SSSR count). The molecule has 1 aromatic heterocycles. The second-order valence-corrected chi connectivity index (χ2v) is 7.08. The first-order valence-electron chi connectivity index (χ1n) is 9.11. The number of aryl methyl sites for hydroxylation is 1. The first-order valence-corrected chi connectivity index (χ1v) is 9.49. The zero-order chi connectivity index (χ0) is 18.5. The third-order valence-electron chi connectivity index (χ3n) is 4.59. The molecule has 1 aliphatic rings. The lowest BCUT2D eigenvalue weighted by atomic mass is 10.1. The van der Waals surface area contributed by atoms with Crippen molar-refractivity contribution in [3.63, 3.8) is 0 Å². The predicted molar refractivity (Wildman–Crippen MR) is 107 cm³/mol. The summed E-state index contributed by atoms with van der Waals surface area (Å²) in [6.07, 6.45) is 3.86. The highest BCUT2D eigenvalue weighted by Crippen LogP contribution is 2.26. The van der Waals surface area contributed by atoms with Crippen molar-refractivity contribution in [1.82, 2.24) is 14.8 Å². The number of hydrogen-bond acceptors (Lipinski definition) is 2. The number of nitrogens with zero attached hydrogens (tertiary/aromatic N) is 3. The van der Waals surface area contributed by atoms with Crippen molar-refractivity contribution in [1.29, 1.82) is 0 Å². The molecule has 2 aromatic rings. The van der Waals surface area contributed by atoms with Crippen LogP contribution in [-0.4, -0.2) is 42.2 Å². The van der Waals surface area contributed by atoms with Crippen molar-refractivity contribution in [3.05, 3.63) is 52.3 Å². The Kier molecular flexibility index (Phi) is 6.09. The molecule has 0 amide bonds. The highest BCUT2D eigenvalue weighted by molar-refractivity contribution is 6.30. The van der Waals surface area contributed by atoms with E-state index in [0.29, 0.717) is 0 Å². The van der Waals surface area contributed by atoms with E-state index >= 15 is 0 Å². The van der Waals surface area contributed by atoms with Crippen LogP contribution in [0.15, 0.2) is 35.5 Å². The molecule has 6 heteroatoms. The molecular formula is C20H27ClN4O. The summed E-state index contributed by atoms with van der Waals surface area (Å²) in [5.41, 5.74) is 3.78. The highest BCUT2D eigenvalue weighted by atomic mass is 35.5. The van der Waals surface area contributed by atoms with E-state index in [-0.39, 0.29) is 0 Å². The topological polar surface area (TPSA) is 41.8 Å². The Morgan fingerprint density at radius 1 is 1.38 bits per heavy atom. The van der Waals surface area contributed by atoms with Crippen LogP contribution in [-0.2, 0) is 26.4 Å².